The lowest BCUT2D eigenvalue weighted by molar-refractivity contribution is 0.0474. The van der Waals surface area contributed by atoms with Gasteiger partial charge in [0.25, 0.3) is 0 Å². The molecule has 0 fully saturated rings. The number of para-hydroxylation sites is 1. The minimum Gasteiger partial charge on any atom is -0.454 e. The molecule has 0 saturated heterocycles. The fraction of sp³-hybridized carbons (Fsp3) is 0.261. The average Bonchev–Trinajstić information content (AvgIpc) is 3.23. The molecule has 1 aliphatic carbocycles. The zero-order valence-electron chi connectivity index (χ0n) is 15.8. The number of nitrogens with zero attached hydrogens (tertiary/aromatic N) is 1. The lowest BCUT2D eigenvalue weighted by Crippen LogP contribution is -2.19. The van der Waals surface area contributed by atoms with Crippen LogP contribution in [0.3, 0.4) is 0 Å². The number of ketones is 1. The van der Waals surface area contributed by atoms with Crippen molar-refractivity contribution in [2.45, 2.75) is 25.7 Å². The van der Waals surface area contributed by atoms with E-state index in [4.69, 9.17) is 19.2 Å². The van der Waals surface area contributed by atoms with Crippen LogP contribution in [0.15, 0.2) is 42.5 Å². The highest BCUT2D eigenvalue weighted by molar-refractivity contribution is 6.10. The van der Waals surface area contributed by atoms with E-state index in [1.54, 1.807) is 18.2 Å². The van der Waals surface area contributed by atoms with Gasteiger partial charge in [-0.25, -0.2) is 4.79 Å². The lowest BCUT2D eigenvalue weighted by Gasteiger charge is -2.20. The highest BCUT2D eigenvalue weighted by atomic mass is 16.7. The van der Waals surface area contributed by atoms with Crippen molar-refractivity contribution in [2.24, 2.45) is 0 Å². The Bertz CT molecular complexity index is 1140. The van der Waals surface area contributed by atoms with E-state index < -0.39 is 5.97 Å². The average molecular weight is 389 g/mol. The maximum atomic E-state index is 13.1. The topological polar surface area (TPSA) is 74.7 Å². The molecule has 1 aliphatic heterocycles. The summed E-state index contributed by atoms with van der Waals surface area (Å²) in [6.45, 7) is -0.180. The van der Waals surface area contributed by atoms with Crippen LogP contribution in [-0.2, 0) is 17.6 Å². The number of hydrogen-bond acceptors (Lipinski definition) is 6. The molecule has 1 aromatic heterocycles. The molecule has 0 atom stereocenters. The van der Waals surface area contributed by atoms with Gasteiger partial charge in [0.15, 0.2) is 18.1 Å². The number of carbonyl (C=O) groups excluding carboxylic acids is 2. The predicted octanol–water partition coefficient (Wildman–Crippen LogP) is 3.88. The minimum atomic E-state index is -0.566. The molecule has 0 radical (unpaired) electrons. The first-order chi connectivity index (χ1) is 14.2. The molecule has 0 saturated carbocycles. The number of aryl methyl sites for hydroxylation is 1. The Kier molecular flexibility index (Phi) is 4.39. The smallest absolute Gasteiger partial charge is 0.338 e. The van der Waals surface area contributed by atoms with Crippen LogP contribution in [0.25, 0.3) is 10.9 Å². The molecule has 29 heavy (non-hydrogen) atoms. The van der Waals surface area contributed by atoms with Crippen LogP contribution >= 0.6 is 0 Å². The number of carbonyl (C=O) groups is 2. The summed E-state index contributed by atoms with van der Waals surface area (Å²) in [7, 11) is 0. The minimum absolute atomic E-state index is 0.131. The maximum absolute atomic E-state index is 13.1. The number of aromatic nitrogens is 1. The van der Waals surface area contributed by atoms with Crippen LogP contribution in [-0.4, -0.2) is 30.1 Å². The number of pyridine rings is 1. The Morgan fingerprint density at radius 3 is 2.76 bits per heavy atom. The van der Waals surface area contributed by atoms with Crippen LogP contribution in [0.2, 0.25) is 0 Å². The third-order valence-electron chi connectivity index (χ3n) is 5.39. The maximum Gasteiger partial charge on any atom is 0.338 e. The number of benzene rings is 2. The Balaban J connectivity index is 1.41. The van der Waals surface area contributed by atoms with Gasteiger partial charge in [0.05, 0.1) is 11.1 Å². The van der Waals surface area contributed by atoms with E-state index >= 15 is 0 Å². The largest absolute Gasteiger partial charge is 0.454 e. The first kappa shape index (κ1) is 17.7. The fourth-order valence-electron chi connectivity index (χ4n) is 4.00. The van der Waals surface area contributed by atoms with Crippen LogP contribution in [0, 0.1) is 0 Å². The number of rotatable bonds is 4. The van der Waals surface area contributed by atoms with Crippen molar-refractivity contribution in [1.82, 2.24) is 4.98 Å². The van der Waals surface area contributed by atoms with Gasteiger partial charge in [0.1, 0.15) is 0 Å². The quantitative estimate of drug-likeness (QED) is 0.498. The molecule has 2 heterocycles. The van der Waals surface area contributed by atoms with E-state index in [0.717, 1.165) is 47.8 Å². The van der Waals surface area contributed by atoms with Crippen molar-refractivity contribution in [3.63, 3.8) is 0 Å². The highest BCUT2D eigenvalue weighted by Gasteiger charge is 2.24. The van der Waals surface area contributed by atoms with E-state index in [-0.39, 0.29) is 19.2 Å². The zero-order valence-corrected chi connectivity index (χ0v) is 15.8. The van der Waals surface area contributed by atoms with Crippen LogP contribution in [0.5, 0.6) is 11.5 Å². The van der Waals surface area contributed by atoms with Crippen molar-refractivity contribution < 1.29 is 23.8 Å². The van der Waals surface area contributed by atoms with Gasteiger partial charge in [-0.1, -0.05) is 18.2 Å². The standard InChI is InChI=1S/C23H19NO5/c25-19(12-27-23(26)14-9-10-20-21(11-14)29-13-28-20)22-15-5-1-3-7-17(15)24-18-8-4-2-6-16(18)22/h1,3,5,7,9-11H,2,4,6,8,12-13H2. The Labute approximate surface area is 167 Å². The van der Waals surface area contributed by atoms with Gasteiger partial charge in [0.2, 0.25) is 12.6 Å². The second-order valence-corrected chi connectivity index (χ2v) is 7.20. The second-order valence-electron chi connectivity index (χ2n) is 7.20. The molecule has 2 aliphatic rings. The van der Waals surface area contributed by atoms with Crippen molar-refractivity contribution in [3.05, 3.63) is 64.8 Å². The summed E-state index contributed by atoms with van der Waals surface area (Å²) >= 11 is 0. The molecule has 6 nitrogen and oxygen atoms in total. The van der Waals surface area contributed by atoms with Gasteiger partial charge >= 0.3 is 5.97 Å². The molecule has 0 unspecified atom stereocenters. The summed E-state index contributed by atoms with van der Waals surface area (Å²) in [5.74, 6) is 0.326. The molecule has 5 rings (SSSR count). The second kappa shape index (κ2) is 7.20. The zero-order chi connectivity index (χ0) is 19.8. The fourth-order valence-corrected chi connectivity index (χ4v) is 4.00. The normalized spacial score (nSPS) is 14.5. The summed E-state index contributed by atoms with van der Waals surface area (Å²) in [6, 6.07) is 12.5. The Morgan fingerprint density at radius 1 is 1.00 bits per heavy atom. The van der Waals surface area contributed by atoms with Gasteiger partial charge in [-0.05, 0) is 55.5 Å². The van der Waals surface area contributed by atoms with E-state index in [1.165, 1.54) is 0 Å². The van der Waals surface area contributed by atoms with Crippen molar-refractivity contribution in [2.75, 3.05) is 13.4 Å². The van der Waals surface area contributed by atoms with Gasteiger partial charge in [0, 0.05) is 16.6 Å². The molecule has 0 N–H and O–H groups in total. The van der Waals surface area contributed by atoms with Crippen molar-refractivity contribution in [1.29, 1.82) is 0 Å². The first-order valence-corrected chi connectivity index (χ1v) is 9.71. The van der Waals surface area contributed by atoms with Crippen molar-refractivity contribution in [3.8, 4) is 11.5 Å². The molecule has 0 amide bonds. The monoisotopic (exact) mass is 389 g/mol. The summed E-state index contributed by atoms with van der Waals surface area (Å²) in [6.07, 6.45) is 3.80. The number of Topliss-reactive ketones (excluding diaryl/α,β-unsaturated/α-hetero) is 1. The number of ether oxygens (including phenoxy) is 3. The van der Waals surface area contributed by atoms with Gasteiger partial charge < -0.3 is 14.2 Å². The molecular formula is C23H19NO5. The highest BCUT2D eigenvalue weighted by Crippen LogP contribution is 2.33. The first-order valence-electron chi connectivity index (χ1n) is 9.71. The third-order valence-corrected chi connectivity index (χ3v) is 5.39. The van der Waals surface area contributed by atoms with Crippen molar-refractivity contribution >= 4 is 22.7 Å². The van der Waals surface area contributed by atoms with Gasteiger partial charge in [-0.3, -0.25) is 9.78 Å². The number of hydrogen-bond donors (Lipinski definition) is 0. The molecule has 0 bridgehead atoms. The predicted molar refractivity (Wildman–Crippen MR) is 106 cm³/mol. The van der Waals surface area contributed by atoms with E-state index in [0.29, 0.717) is 22.6 Å². The van der Waals surface area contributed by atoms with Gasteiger partial charge in [-0.2, -0.15) is 0 Å². The summed E-state index contributed by atoms with van der Waals surface area (Å²) in [5, 5.41) is 0.817. The Hall–Kier alpha value is -3.41. The molecule has 146 valence electrons. The molecule has 3 aromatic rings. The van der Waals surface area contributed by atoms with Gasteiger partial charge in [-0.15, -0.1) is 0 Å². The van der Waals surface area contributed by atoms with Crippen LogP contribution in [0.1, 0.15) is 44.8 Å². The van der Waals surface area contributed by atoms with E-state index in [2.05, 4.69) is 0 Å². The molecule has 0 spiro atoms. The Morgan fingerprint density at radius 2 is 1.83 bits per heavy atom. The summed E-state index contributed by atoms with van der Waals surface area (Å²) < 4.78 is 15.9. The molecular weight excluding hydrogens is 370 g/mol. The summed E-state index contributed by atoms with van der Waals surface area (Å²) in [4.78, 5) is 30.3. The molecule has 6 heteroatoms. The number of fused-ring (bicyclic) bond motifs is 3. The number of esters is 1. The summed E-state index contributed by atoms with van der Waals surface area (Å²) in [5.41, 5.74) is 3.76. The lowest BCUT2D eigenvalue weighted by atomic mass is 9.88. The van der Waals surface area contributed by atoms with E-state index in [9.17, 15) is 9.59 Å². The molecule has 2 aromatic carbocycles. The van der Waals surface area contributed by atoms with Crippen LogP contribution < -0.4 is 9.47 Å². The van der Waals surface area contributed by atoms with E-state index in [1.807, 2.05) is 24.3 Å². The third kappa shape index (κ3) is 3.20. The SMILES string of the molecule is O=C(OCC(=O)c1c2c(nc3ccccc13)CCCC2)c1ccc2c(c1)OCO2. The van der Waals surface area contributed by atoms with Crippen LogP contribution in [0.4, 0.5) is 0 Å².